The normalized spacial score (nSPS) is 13.0. The van der Waals surface area contributed by atoms with Gasteiger partial charge < -0.3 is 10.1 Å². The molecule has 128 valence electrons. The maximum atomic E-state index is 13.6. The molecule has 0 radical (unpaired) electrons. The van der Waals surface area contributed by atoms with E-state index in [2.05, 4.69) is 15.3 Å². The van der Waals surface area contributed by atoms with Gasteiger partial charge in [0.05, 0.1) is 11.1 Å². The van der Waals surface area contributed by atoms with Crippen molar-refractivity contribution in [1.29, 1.82) is 0 Å². The maximum Gasteiger partial charge on any atom is 0.262 e. The van der Waals surface area contributed by atoms with E-state index in [0.29, 0.717) is 5.88 Å². The summed E-state index contributed by atoms with van der Waals surface area (Å²) in [6.45, 7) is -0.354. The Morgan fingerprint density at radius 1 is 1.28 bits per heavy atom. The van der Waals surface area contributed by atoms with Crippen molar-refractivity contribution in [2.24, 2.45) is 0 Å². The summed E-state index contributed by atoms with van der Waals surface area (Å²) in [5.74, 6) is -1.60. The van der Waals surface area contributed by atoms with Crippen LogP contribution in [-0.4, -0.2) is 22.5 Å². The van der Waals surface area contributed by atoms with E-state index in [-0.39, 0.29) is 12.3 Å². The third-order valence-corrected chi connectivity index (χ3v) is 5.21. The van der Waals surface area contributed by atoms with Gasteiger partial charge in [-0.15, -0.1) is 11.3 Å². The van der Waals surface area contributed by atoms with Crippen molar-refractivity contribution >= 4 is 33.1 Å². The Bertz CT molecular complexity index is 974. The van der Waals surface area contributed by atoms with Crippen LogP contribution in [0.25, 0.3) is 10.2 Å². The number of carbonyl (C=O) groups excluding carboxylic acids is 1. The van der Waals surface area contributed by atoms with Crippen LogP contribution in [0.3, 0.4) is 0 Å². The number of benzene rings is 1. The van der Waals surface area contributed by atoms with Crippen LogP contribution in [-0.2, 0) is 17.6 Å². The fraction of sp³-hybridized carbons (Fsp3) is 0.235. The number of aryl methyl sites for hydroxylation is 2. The number of ether oxygens (including phenoxy) is 1. The van der Waals surface area contributed by atoms with E-state index in [1.54, 1.807) is 11.3 Å². The first-order chi connectivity index (χ1) is 12.1. The SMILES string of the molecule is O=C(COc1ncnc2sc3c(c12)CCC3)Nc1cc(F)ccc1F. The molecule has 2 aromatic heterocycles. The van der Waals surface area contributed by atoms with Crippen LogP contribution >= 0.6 is 11.3 Å². The lowest BCUT2D eigenvalue weighted by atomic mass is 10.2. The Balaban J connectivity index is 1.51. The van der Waals surface area contributed by atoms with Gasteiger partial charge in [-0.1, -0.05) is 0 Å². The molecule has 1 aliphatic rings. The van der Waals surface area contributed by atoms with Crippen molar-refractivity contribution in [1.82, 2.24) is 9.97 Å². The molecule has 1 aliphatic carbocycles. The first kappa shape index (κ1) is 15.9. The number of anilines is 1. The molecule has 0 spiro atoms. The van der Waals surface area contributed by atoms with Crippen molar-refractivity contribution in [3.8, 4) is 5.88 Å². The van der Waals surface area contributed by atoms with Crippen LogP contribution in [0.15, 0.2) is 24.5 Å². The van der Waals surface area contributed by atoms with E-state index in [0.717, 1.165) is 47.7 Å². The molecule has 4 rings (SSSR count). The number of halogens is 2. The minimum absolute atomic E-state index is 0.224. The quantitative estimate of drug-likeness (QED) is 0.773. The van der Waals surface area contributed by atoms with Crippen molar-refractivity contribution < 1.29 is 18.3 Å². The van der Waals surface area contributed by atoms with Gasteiger partial charge in [-0.3, -0.25) is 4.79 Å². The number of rotatable bonds is 4. The predicted octanol–water partition coefficient (Wildman–Crippen LogP) is 3.48. The van der Waals surface area contributed by atoms with Crippen molar-refractivity contribution in [2.45, 2.75) is 19.3 Å². The Labute approximate surface area is 145 Å². The number of carbonyl (C=O) groups is 1. The zero-order valence-corrected chi connectivity index (χ0v) is 13.8. The summed E-state index contributed by atoms with van der Waals surface area (Å²) < 4.78 is 32.3. The van der Waals surface area contributed by atoms with E-state index in [4.69, 9.17) is 4.74 Å². The third-order valence-electron chi connectivity index (χ3n) is 4.01. The average molecular weight is 361 g/mol. The molecule has 0 saturated carbocycles. The van der Waals surface area contributed by atoms with Crippen molar-refractivity contribution in [3.63, 3.8) is 0 Å². The minimum atomic E-state index is -0.713. The largest absolute Gasteiger partial charge is 0.467 e. The Hall–Kier alpha value is -2.61. The van der Waals surface area contributed by atoms with Gasteiger partial charge in [-0.25, -0.2) is 18.7 Å². The third kappa shape index (κ3) is 3.05. The van der Waals surface area contributed by atoms with Gasteiger partial charge in [0, 0.05) is 10.9 Å². The molecule has 0 saturated heterocycles. The molecule has 1 amide bonds. The van der Waals surface area contributed by atoms with Gasteiger partial charge >= 0.3 is 0 Å². The summed E-state index contributed by atoms with van der Waals surface area (Å²) >= 11 is 1.62. The molecule has 0 fully saturated rings. The number of hydrogen-bond acceptors (Lipinski definition) is 5. The number of nitrogens with zero attached hydrogens (tertiary/aromatic N) is 2. The molecule has 2 heterocycles. The number of aromatic nitrogens is 2. The van der Waals surface area contributed by atoms with Gasteiger partial charge in [0.15, 0.2) is 6.61 Å². The highest BCUT2D eigenvalue weighted by molar-refractivity contribution is 7.18. The molecule has 0 atom stereocenters. The second-order valence-electron chi connectivity index (χ2n) is 5.68. The zero-order chi connectivity index (χ0) is 17.4. The molecular formula is C17H13F2N3O2S. The van der Waals surface area contributed by atoms with Gasteiger partial charge in [-0.05, 0) is 37.0 Å². The lowest BCUT2D eigenvalue weighted by molar-refractivity contribution is -0.118. The van der Waals surface area contributed by atoms with Gasteiger partial charge in [-0.2, -0.15) is 0 Å². The van der Waals surface area contributed by atoms with Crippen LogP contribution in [0, 0.1) is 11.6 Å². The van der Waals surface area contributed by atoms with Crippen LogP contribution in [0.2, 0.25) is 0 Å². The van der Waals surface area contributed by atoms with Gasteiger partial charge in [0.25, 0.3) is 5.91 Å². The Morgan fingerprint density at radius 2 is 2.16 bits per heavy atom. The standard InChI is InChI=1S/C17H13F2N3O2S/c18-9-4-5-11(19)12(6-9)22-14(23)7-24-16-15-10-2-1-3-13(10)25-17(15)21-8-20-16/h4-6,8H,1-3,7H2,(H,22,23). The van der Waals surface area contributed by atoms with E-state index in [1.807, 2.05) is 0 Å². The molecular weight excluding hydrogens is 348 g/mol. The molecule has 0 bridgehead atoms. The van der Waals surface area contributed by atoms with Crippen LogP contribution in [0.1, 0.15) is 16.9 Å². The van der Waals surface area contributed by atoms with Crippen molar-refractivity contribution in [3.05, 3.63) is 46.6 Å². The molecule has 0 unspecified atom stereocenters. The summed E-state index contributed by atoms with van der Waals surface area (Å²) in [5.41, 5.74) is 0.963. The topological polar surface area (TPSA) is 64.1 Å². The first-order valence-corrected chi connectivity index (χ1v) is 8.56. The van der Waals surface area contributed by atoms with E-state index in [1.165, 1.54) is 16.8 Å². The Morgan fingerprint density at radius 3 is 3.04 bits per heavy atom. The number of amides is 1. The van der Waals surface area contributed by atoms with Crippen LogP contribution in [0.5, 0.6) is 5.88 Å². The molecule has 25 heavy (non-hydrogen) atoms. The second kappa shape index (κ2) is 6.36. The highest BCUT2D eigenvalue weighted by Gasteiger charge is 2.22. The first-order valence-electron chi connectivity index (χ1n) is 7.75. The zero-order valence-electron chi connectivity index (χ0n) is 13.0. The second-order valence-corrected chi connectivity index (χ2v) is 6.76. The number of thiophene rings is 1. The van der Waals surface area contributed by atoms with E-state index < -0.39 is 17.5 Å². The summed E-state index contributed by atoms with van der Waals surface area (Å²) in [6.07, 6.45) is 4.45. The smallest absolute Gasteiger partial charge is 0.262 e. The minimum Gasteiger partial charge on any atom is -0.467 e. The lowest BCUT2D eigenvalue weighted by Gasteiger charge is -2.09. The predicted molar refractivity (Wildman–Crippen MR) is 89.9 cm³/mol. The fourth-order valence-electron chi connectivity index (χ4n) is 2.92. The molecule has 0 aliphatic heterocycles. The van der Waals surface area contributed by atoms with E-state index in [9.17, 15) is 13.6 Å². The summed E-state index contributed by atoms with van der Waals surface area (Å²) in [5, 5.41) is 3.15. The van der Waals surface area contributed by atoms with Crippen molar-refractivity contribution in [2.75, 3.05) is 11.9 Å². The van der Waals surface area contributed by atoms with Gasteiger partial charge in [0.1, 0.15) is 22.8 Å². The molecule has 8 heteroatoms. The fourth-order valence-corrected chi connectivity index (χ4v) is 4.14. The van der Waals surface area contributed by atoms with Crippen LogP contribution < -0.4 is 10.1 Å². The average Bonchev–Trinajstić information content (AvgIpc) is 3.17. The molecule has 3 aromatic rings. The molecule has 5 nitrogen and oxygen atoms in total. The highest BCUT2D eigenvalue weighted by atomic mass is 32.1. The number of nitrogens with one attached hydrogen (secondary N) is 1. The van der Waals surface area contributed by atoms with Gasteiger partial charge in [0.2, 0.25) is 5.88 Å². The lowest BCUT2D eigenvalue weighted by Crippen LogP contribution is -2.21. The van der Waals surface area contributed by atoms with Crippen LogP contribution in [0.4, 0.5) is 14.5 Å². The molecule has 1 N–H and O–H groups in total. The Kier molecular flexibility index (Phi) is 4.04. The van der Waals surface area contributed by atoms with E-state index >= 15 is 0 Å². The highest BCUT2D eigenvalue weighted by Crippen LogP contribution is 2.39. The number of fused-ring (bicyclic) bond motifs is 3. The molecule has 1 aromatic carbocycles. The summed E-state index contributed by atoms with van der Waals surface area (Å²) in [6, 6.07) is 2.85. The maximum absolute atomic E-state index is 13.6. The summed E-state index contributed by atoms with van der Waals surface area (Å²) in [4.78, 5) is 22.5. The summed E-state index contributed by atoms with van der Waals surface area (Å²) in [7, 11) is 0. The number of hydrogen-bond donors (Lipinski definition) is 1. The monoisotopic (exact) mass is 361 g/mol.